The Kier molecular flexibility index (Phi) is 2.52. The van der Waals surface area contributed by atoms with E-state index >= 15 is 0 Å². The van der Waals surface area contributed by atoms with E-state index in [1.165, 1.54) is 6.20 Å². The molecule has 1 saturated heterocycles. The minimum atomic E-state index is -0.0605. The van der Waals surface area contributed by atoms with E-state index in [9.17, 15) is 4.79 Å². The zero-order valence-electron chi connectivity index (χ0n) is 9.96. The molecule has 18 heavy (non-hydrogen) atoms. The number of amides is 1. The highest BCUT2D eigenvalue weighted by atomic mass is 16.5. The maximum atomic E-state index is 12.1. The average Bonchev–Trinajstić information content (AvgIpc) is 2.69. The van der Waals surface area contributed by atoms with E-state index in [4.69, 9.17) is 9.63 Å². The highest BCUT2D eigenvalue weighted by Gasteiger charge is 2.30. The van der Waals surface area contributed by atoms with Crippen molar-refractivity contribution in [3.63, 3.8) is 0 Å². The molecule has 0 saturated carbocycles. The van der Waals surface area contributed by atoms with Gasteiger partial charge in [0.15, 0.2) is 0 Å². The first-order valence-electron chi connectivity index (χ1n) is 5.81. The first-order chi connectivity index (χ1) is 8.69. The summed E-state index contributed by atoms with van der Waals surface area (Å²) in [5.74, 6) is 0.151. The van der Waals surface area contributed by atoms with Gasteiger partial charge in [-0.2, -0.15) is 0 Å². The number of fused-ring (bicyclic) bond motifs is 1. The molecular weight excluding hydrogens is 234 g/mol. The van der Waals surface area contributed by atoms with Crippen molar-refractivity contribution >= 4 is 17.0 Å². The van der Waals surface area contributed by atoms with Gasteiger partial charge in [0.1, 0.15) is 0 Å². The number of nitrogens with zero attached hydrogens (tertiary/aromatic N) is 3. The molecule has 1 N–H and O–H groups in total. The van der Waals surface area contributed by atoms with Crippen LogP contribution in [0, 0.1) is 12.8 Å². The van der Waals surface area contributed by atoms with Crippen LogP contribution in [0.5, 0.6) is 0 Å². The molecule has 0 radical (unpaired) electrons. The molecule has 0 aliphatic carbocycles. The number of aliphatic hydroxyl groups is 1. The molecule has 1 aliphatic rings. The third kappa shape index (κ3) is 1.65. The molecule has 6 nitrogen and oxygen atoms in total. The highest BCUT2D eigenvalue weighted by molar-refractivity contribution is 5.97. The molecule has 0 bridgehead atoms. The van der Waals surface area contributed by atoms with Crippen molar-refractivity contribution in [2.24, 2.45) is 5.92 Å². The maximum absolute atomic E-state index is 12.1. The lowest BCUT2D eigenvalue weighted by Gasteiger charge is -2.38. The molecule has 0 spiro atoms. The number of hydrogen-bond donors (Lipinski definition) is 1. The van der Waals surface area contributed by atoms with E-state index in [1.54, 1.807) is 11.0 Å². The van der Waals surface area contributed by atoms with Crippen LogP contribution >= 0.6 is 0 Å². The van der Waals surface area contributed by atoms with Gasteiger partial charge in [0, 0.05) is 31.8 Å². The Bertz CT molecular complexity index is 602. The number of aromatic nitrogens is 2. The molecule has 3 rings (SSSR count). The normalized spacial score (nSPS) is 16.0. The first-order valence-corrected chi connectivity index (χ1v) is 5.81. The Morgan fingerprint density at radius 2 is 2.39 bits per heavy atom. The van der Waals surface area contributed by atoms with Crippen LogP contribution in [0.25, 0.3) is 11.1 Å². The van der Waals surface area contributed by atoms with Gasteiger partial charge in [0.05, 0.1) is 16.6 Å². The molecule has 6 heteroatoms. The topological polar surface area (TPSA) is 79.5 Å². The summed E-state index contributed by atoms with van der Waals surface area (Å²) in [6.45, 7) is 3.16. The Labute approximate surface area is 103 Å². The number of pyridine rings is 1. The van der Waals surface area contributed by atoms with Gasteiger partial charge in [0.25, 0.3) is 11.6 Å². The van der Waals surface area contributed by atoms with Crippen molar-refractivity contribution < 1.29 is 14.4 Å². The molecule has 1 amide bonds. The summed E-state index contributed by atoms with van der Waals surface area (Å²) in [5, 5.41) is 13.5. The number of likely N-dealkylation sites (tertiary alicyclic amines) is 1. The highest BCUT2D eigenvalue weighted by Crippen LogP contribution is 2.21. The molecule has 94 valence electrons. The number of aliphatic hydroxyl groups excluding tert-OH is 1. The summed E-state index contributed by atoms with van der Waals surface area (Å²) in [6, 6.07) is 1.75. The molecule has 1 fully saturated rings. The predicted octanol–water partition coefficient (Wildman–Crippen LogP) is 0.596. The van der Waals surface area contributed by atoms with E-state index < -0.39 is 0 Å². The maximum Gasteiger partial charge on any atom is 0.257 e. The first kappa shape index (κ1) is 11.2. The van der Waals surface area contributed by atoms with E-state index in [1.807, 2.05) is 6.92 Å². The quantitative estimate of drug-likeness (QED) is 0.840. The molecule has 2 aromatic rings. The molecule has 2 aromatic heterocycles. The van der Waals surface area contributed by atoms with Crippen molar-refractivity contribution in [2.75, 3.05) is 19.7 Å². The second kappa shape index (κ2) is 4.06. The molecule has 1 aliphatic heterocycles. The second-order valence-corrected chi connectivity index (χ2v) is 4.60. The van der Waals surface area contributed by atoms with E-state index in [0.717, 1.165) is 11.1 Å². The second-order valence-electron chi connectivity index (χ2n) is 4.60. The zero-order chi connectivity index (χ0) is 12.7. The minimum Gasteiger partial charge on any atom is -0.396 e. The van der Waals surface area contributed by atoms with Crippen molar-refractivity contribution in [2.45, 2.75) is 6.92 Å². The van der Waals surface area contributed by atoms with E-state index in [-0.39, 0.29) is 18.4 Å². The van der Waals surface area contributed by atoms with Gasteiger partial charge >= 0.3 is 0 Å². The number of aryl methyl sites for hydroxylation is 1. The van der Waals surface area contributed by atoms with Crippen LogP contribution < -0.4 is 0 Å². The van der Waals surface area contributed by atoms with Crippen LogP contribution in [-0.2, 0) is 0 Å². The summed E-state index contributed by atoms with van der Waals surface area (Å²) < 4.78 is 5.00. The number of hydrogen-bond acceptors (Lipinski definition) is 5. The fraction of sp³-hybridized carbons (Fsp3) is 0.417. The molecular formula is C12H13N3O3. The van der Waals surface area contributed by atoms with Crippen LogP contribution in [0.4, 0.5) is 0 Å². The Balaban J connectivity index is 1.86. The molecule has 0 unspecified atom stereocenters. The standard InChI is InChI=1S/C12H13N3O3/c1-7-10-2-9(3-13-11(10)18-14-7)12(17)15-4-8(5-15)6-16/h2-3,8,16H,4-6H2,1H3. The van der Waals surface area contributed by atoms with Gasteiger partial charge in [-0.3, -0.25) is 4.79 Å². The monoisotopic (exact) mass is 247 g/mol. The fourth-order valence-corrected chi connectivity index (χ4v) is 2.10. The van der Waals surface area contributed by atoms with Crippen LogP contribution in [0.1, 0.15) is 16.1 Å². The van der Waals surface area contributed by atoms with Crippen molar-refractivity contribution in [3.05, 3.63) is 23.5 Å². The summed E-state index contributed by atoms with van der Waals surface area (Å²) >= 11 is 0. The van der Waals surface area contributed by atoms with Gasteiger partial charge in [-0.25, -0.2) is 4.98 Å². The Hall–Kier alpha value is -1.95. The van der Waals surface area contributed by atoms with E-state index in [2.05, 4.69) is 10.1 Å². The third-order valence-corrected chi connectivity index (χ3v) is 3.26. The summed E-state index contributed by atoms with van der Waals surface area (Å²) in [4.78, 5) is 17.9. The van der Waals surface area contributed by atoms with Crippen LogP contribution in [0.3, 0.4) is 0 Å². The largest absolute Gasteiger partial charge is 0.396 e. The molecule has 0 atom stereocenters. The van der Waals surface area contributed by atoms with Gasteiger partial charge in [0.2, 0.25) is 0 Å². The number of carbonyl (C=O) groups is 1. The van der Waals surface area contributed by atoms with Crippen molar-refractivity contribution in [3.8, 4) is 0 Å². The Morgan fingerprint density at radius 1 is 1.61 bits per heavy atom. The average molecular weight is 247 g/mol. The smallest absolute Gasteiger partial charge is 0.257 e. The summed E-state index contributed by atoms with van der Waals surface area (Å²) in [5.41, 5.74) is 1.70. The lowest BCUT2D eigenvalue weighted by atomic mass is 10.0. The van der Waals surface area contributed by atoms with Crippen LogP contribution in [0.2, 0.25) is 0 Å². The van der Waals surface area contributed by atoms with Crippen molar-refractivity contribution in [1.29, 1.82) is 0 Å². The van der Waals surface area contributed by atoms with E-state index in [0.29, 0.717) is 24.4 Å². The zero-order valence-corrected chi connectivity index (χ0v) is 9.96. The summed E-state index contributed by atoms with van der Waals surface area (Å²) in [6.07, 6.45) is 1.50. The van der Waals surface area contributed by atoms with Gasteiger partial charge in [-0.05, 0) is 13.0 Å². The fourth-order valence-electron chi connectivity index (χ4n) is 2.10. The summed E-state index contributed by atoms with van der Waals surface area (Å²) in [7, 11) is 0. The SMILES string of the molecule is Cc1noc2ncc(C(=O)N3CC(CO)C3)cc12. The molecule has 0 aromatic carbocycles. The van der Waals surface area contributed by atoms with Crippen LogP contribution in [-0.4, -0.2) is 45.8 Å². The van der Waals surface area contributed by atoms with Crippen molar-refractivity contribution in [1.82, 2.24) is 15.0 Å². The minimum absolute atomic E-state index is 0.0605. The number of rotatable bonds is 2. The van der Waals surface area contributed by atoms with Crippen LogP contribution in [0.15, 0.2) is 16.8 Å². The predicted molar refractivity (Wildman–Crippen MR) is 63.0 cm³/mol. The number of carbonyl (C=O) groups excluding carboxylic acids is 1. The Morgan fingerprint density at radius 3 is 3.11 bits per heavy atom. The van der Waals surface area contributed by atoms with Gasteiger partial charge in [-0.15, -0.1) is 0 Å². The third-order valence-electron chi connectivity index (χ3n) is 3.26. The lowest BCUT2D eigenvalue weighted by molar-refractivity contribution is 0.0362. The van der Waals surface area contributed by atoms with Gasteiger partial charge in [-0.1, -0.05) is 5.16 Å². The lowest BCUT2D eigenvalue weighted by Crippen LogP contribution is -2.51. The molecule has 3 heterocycles. The van der Waals surface area contributed by atoms with Gasteiger partial charge < -0.3 is 14.5 Å².